The maximum absolute atomic E-state index is 14.0. The molecule has 0 aliphatic carbocycles. The number of ketones is 1. The highest BCUT2D eigenvalue weighted by atomic mass is 16.8. The molecule has 10 fully saturated rings. The Hall–Kier alpha value is -1.25. The summed E-state index contributed by atoms with van der Waals surface area (Å²) in [5.41, 5.74) is 2.22. The van der Waals surface area contributed by atoms with E-state index in [4.69, 9.17) is 37.9 Å². The van der Waals surface area contributed by atoms with Gasteiger partial charge in [-0.3, -0.25) is 4.79 Å². The molecule has 11 nitrogen and oxygen atoms in total. The van der Waals surface area contributed by atoms with Gasteiger partial charge >= 0.3 is 0 Å². The van der Waals surface area contributed by atoms with E-state index in [1.807, 2.05) is 0 Å². The van der Waals surface area contributed by atoms with Crippen molar-refractivity contribution in [3.05, 3.63) is 24.3 Å². The Labute approximate surface area is 301 Å². The first-order chi connectivity index (χ1) is 24.6. The molecule has 2 N–H and O–H groups in total. The summed E-state index contributed by atoms with van der Waals surface area (Å²) in [4.78, 5) is 14.0. The van der Waals surface area contributed by atoms with E-state index >= 15 is 0 Å². The Kier molecular flexibility index (Phi) is 9.59. The lowest BCUT2D eigenvalue weighted by atomic mass is 9.79. The van der Waals surface area contributed by atoms with Gasteiger partial charge in [0.1, 0.15) is 36.3 Å². The Bertz CT molecular complexity index is 1360. The van der Waals surface area contributed by atoms with Crippen molar-refractivity contribution in [2.45, 2.75) is 195 Å². The van der Waals surface area contributed by atoms with E-state index in [9.17, 15) is 15.0 Å². The second kappa shape index (κ2) is 13.8. The summed E-state index contributed by atoms with van der Waals surface area (Å²) in [5.74, 6) is -0.367. The molecule has 10 aliphatic heterocycles. The molecule has 0 aromatic heterocycles. The minimum absolute atomic E-state index is 0.00894. The molecule has 11 heteroatoms. The smallest absolute Gasteiger partial charge is 0.172 e. The Morgan fingerprint density at radius 3 is 2.33 bits per heavy atom. The third-order valence-electron chi connectivity index (χ3n) is 14.1. The average molecular weight is 715 g/mol. The Morgan fingerprint density at radius 2 is 1.49 bits per heavy atom. The van der Waals surface area contributed by atoms with Crippen molar-refractivity contribution >= 4 is 5.78 Å². The van der Waals surface area contributed by atoms with E-state index < -0.39 is 11.9 Å². The fraction of sp³-hybridized carbons (Fsp3) is 0.875. The fourth-order valence-electron chi connectivity index (χ4n) is 11.3. The first-order valence-electron chi connectivity index (χ1n) is 20.0. The Morgan fingerprint density at radius 1 is 0.745 bits per heavy atom. The highest BCUT2D eigenvalue weighted by molar-refractivity contribution is 5.79. The molecule has 10 saturated heterocycles. The van der Waals surface area contributed by atoms with Gasteiger partial charge in [-0.2, -0.15) is 0 Å². The van der Waals surface area contributed by atoms with Crippen LogP contribution >= 0.6 is 0 Å². The van der Waals surface area contributed by atoms with Gasteiger partial charge in [0.15, 0.2) is 5.79 Å². The lowest BCUT2D eigenvalue weighted by molar-refractivity contribution is -0.292. The van der Waals surface area contributed by atoms with Crippen LogP contribution in [0, 0.1) is 17.8 Å². The van der Waals surface area contributed by atoms with Crippen LogP contribution in [0.1, 0.15) is 97.3 Å². The number of aliphatic hydroxyl groups excluding tert-OH is 2. The van der Waals surface area contributed by atoms with Crippen LogP contribution in [0.3, 0.4) is 0 Å². The van der Waals surface area contributed by atoms with Crippen molar-refractivity contribution in [2.75, 3.05) is 6.61 Å². The van der Waals surface area contributed by atoms with Gasteiger partial charge < -0.3 is 48.1 Å². The number of hydrogen-bond donors (Lipinski definition) is 2. The van der Waals surface area contributed by atoms with Crippen LogP contribution in [0.4, 0.5) is 0 Å². The second-order valence-electron chi connectivity index (χ2n) is 17.5. The average Bonchev–Trinajstić information content (AvgIpc) is 3.77. The molecule has 0 saturated carbocycles. The molecule has 0 aromatic rings. The van der Waals surface area contributed by atoms with Crippen LogP contribution < -0.4 is 0 Å². The lowest BCUT2D eigenvalue weighted by Gasteiger charge is -2.47. The fourth-order valence-corrected chi connectivity index (χ4v) is 11.3. The van der Waals surface area contributed by atoms with Crippen LogP contribution in [-0.4, -0.2) is 120 Å². The van der Waals surface area contributed by atoms with Crippen LogP contribution in [0.2, 0.25) is 0 Å². The number of carbonyl (C=O) groups is 1. The van der Waals surface area contributed by atoms with E-state index in [2.05, 4.69) is 27.0 Å². The van der Waals surface area contributed by atoms with Crippen LogP contribution in [-0.2, 0) is 42.7 Å². The molecule has 0 amide bonds. The third kappa shape index (κ3) is 6.53. The minimum atomic E-state index is -0.872. The molecule has 10 heterocycles. The van der Waals surface area contributed by atoms with Gasteiger partial charge in [0, 0.05) is 38.5 Å². The number of rotatable bonds is 3. The van der Waals surface area contributed by atoms with E-state index in [1.54, 1.807) is 0 Å². The van der Waals surface area contributed by atoms with Crippen molar-refractivity contribution in [3.63, 3.8) is 0 Å². The summed E-state index contributed by atoms with van der Waals surface area (Å²) in [6.07, 6.45) is 5.65. The first-order valence-corrected chi connectivity index (χ1v) is 20.0. The maximum atomic E-state index is 14.0. The van der Waals surface area contributed by atoms with Crippen molar-refractivity contribution in [3.8, 4) is 0 Å². The number of fused-ring (bicyclic) bond motifs is 6. The number of hydrogen-bond acceptors (Lipinski definition) is 11. The maximum Gasteiger partial charge on any atom is 0.172 e. The summed E-state index contributed by atoms with van der Waals surface area (Å²) in [6.45, 7) is 12.9. The largest absolute Gasteiger partial charge is 0.394 e. The molecule has 0 radical (unpaired) electrons. The van der Waals surface area contributed by atoms with Gasteiger partial charge in [-0.25, -0.2) is 0 Å². The molecule has 12 bridgehead atoms. The number of ether oxygens (including phenoxy) is 8. The molecule has 4 unspecified atom stereocenters. The SMILES string of the molecule is C=C1CC2CC[C@@]34C[C@H]5O[C@H]6[C@@H](O3)[C@H]3O[C@H](CC[C@@H]3O[C@H]6[C@H]5O4)CC(=O)CC3C(C[C@H]4OC(CC[C@@H]1O2)C[C@@H](C)C4=C)O[C@H](C[C@H](O)CO)[C@@H]3C. The minimum Gasteiger partial charge on any atom is -0.394 e. The standard InChI is InChI=1S/C40H58O11/c1-19-11-25-5-7-29-20(2)12-27(44-29)9-10-40-17-34-36(50-40)37-38(49-34)39(51-40)35-30(48-37)8-6-26(46-35)13-23(42)14-28-22(4)31(15-24(43)18-41)47-33(28)16-32(45-25)21(19)3/h19,22,24-39,41,43H,2-3,5-18H2,1,4H3/t19-,22-,24+,25?,26-,27?,28?,29+,30+,31-,32-,33?,34-,35+,36+,37+,38-,39+,40+/m1/s1. The van der Waals surface area contributed by atoms with E-state index in [0.29, 0.717) is 44.4 Å². The molecule has 0 aromatic carbocycles. The summed E-state index contributed by atoms with van der Waals surface area (Å²) in [5, 5.41) is 20.0. The van der Waals surface area contributed by atoms with Crippen molar-refractivity contribution in [2.24, 2.45) is 17.8 Å². The van der Waals surface area contributed by atoms with Crippen LogP contribution in [0.5, 0.6) is 0 Å². The highest BCUT2D eigenvalue weighted by Crippen LogP contribution is 2.54. The predicted octanol–water partition coefficient (Wildman–Crippen LogP) is 4.09. The zero-order chi connectivity index (χ0) is 35.2. The second-order valence-corrected chi connectivity index (χ2v) is 17.5. The van der Waals surface area contributed by atoms with Gasteiger partial charge in [0.25, 0.3) is 0 Å². The number of aliphatic hydroxyl groups is 2. The molecule has 284 valence electrons. The van der Waals surface area contributed by atoms with E-state index in [1.165, 1.54) is 0 Å². The summed E-state index contributed by atoms with van der Waals surface area (Å²) in [7, 11) is 0. The predicted molar refractivity (Wildman–Crippen MR) is 183 cm³/mol. The number of Topliss-reactive ketones (excluding diaryl/α,β-unsaturated/α-hetero) is 1. The molecule has 51 heavy (non-hydrogen) atoms. The normalized spacial score (nSPS) is 53.2. The van der Waals surface area contributed by atoms with Crippen molar-refractivity contribution in [1.82, 2.24) is 0 Å². The molecule has 10 aliphatic rings. The van der Waals surface area contributed by atoms with Crippen LogP contribution in [0.25, 0.3) is 0 Å². The van der Waals surface area contributed by atoms with Crippen molar-refractivity contribution < 1.29 is 52.9 Å². The van der Waals surface area contributed by atoms with E-state index in [-0.39, 0.29) is 110 Å². The monoisotopic (exact) mass is 714 g/mol. The first kappa shape index (κ1) is 35.5. The molecular formula is C40H58O11. The van der Waals surface area contributed by atoms with Gasteiger partial charge in [-0.1, -0.05) is 27.0 Å². The van der Waals surface area contributed by atoms with E-state index in [0.717, 1.165) is 56.1 Å². The topological polar surface area (TPSA) is 131 Å². The Balaban J connectivity index is 0.986. The summed E-state index contributed by atoms with van der Waals surface area (Å²) in [6, 6.07) is 0. The zero-order valence-corrected chi connectivity index (χ0v) is 30.3. The quantitative estimate of drug-likeness (QED) is 0.410. The summed E-state index contributed by atoms with van der Waals surface area (Å²) >= 11 is 0. The molecular weight excluding hydrogens is 656 g/mol. The third-order valence-corrected chi connectivity index (χ3v) is 14.1. The zero-order valence-electron chi connectivity index (χ0n) is 30.3. The molecule has 19 atom stereocenters. The van der Waals surface area contributed by atoms with Gasteiger partial charge in [-0.15, -0.1) is 0 Å². The van der Waals surface area contributed by atoms with Crippen LogP contribution in [0.15, 0.2) is 24.3 Å². The number of carbonyl (C=O) groups excluding carboxylic acids is 1. The van der Waals surface area contributed by atoms with Gasteiger partial charge in [0.2, 0.25) is 0 Å². The summed E-state index contributed by atoms with van der Waals surface area (Å²) < 4.78 is 53.9. The lowest BCUT2D eigenvalue weighted by Crippen LogP contribution is -2.61. The molecule has 1 spiro atoms. The molecule has 10 rings (SSSR count). The van der Waals surface area contributed by atoms with Gasteiger partial charge in [-0.05, 0) is 73.8 Å². The highest BCUT2D eigenvalue weighted by Gasteiger charge is 2.68. The van der Waals surface area contributed by atoms with Gasteiger partial charge in [0.05, 0.1) is 67.6 Å². The van der Waals surface area contributed by atoms with Crippen molar-refractivity contribution in [1.29, 1.82) is 0 Å².